The Balaban J connectivity index is 2.02. The summed E-state index contributed by atoms with van der Waals surface area (Å²) < 4.78 is 15.9. The number of rotatable bonds is 6. The maximum Gasteiger partial charge on any atom is 0.0785 e. The predicted octanol–water partition coefficient (Wildman–Crippen LogP) is -0.115. The topological polar surface area (TPSA) is 58.6 Å². The molecule has 15 heavy (non-hydrogen) atoms. The van der Waals surface area contributed by atoms with Crippen molar-refractivity contribution in [1.29, 1.82) is 0 Å². The van der Waals surface area contributed by atoms with Gasteiger partial charge in [-0.25, -0.2) is 0 Å². The molecule has 0 aromatic heterocycles. The van der Waals surface area contributed by atoms with Crippen LogP contribution in [0.4, 0.5) is 0 Å². The maximum absolute atomic E-state index is 11.1. The smallest absolute Gasteiger partial charge is 0.0785 e. The van der Waals surface area contributed by atoms with Gasteiger partial charge in [-0.2, -0.15) is 0 Å². The quantitative estimate of drug-likeness (QED) is 0.674. The lowest BCUT2D eigenvalue weighted by Crippen LogP contribution is -2.37. The minimum Gasteiger partial charge on any atom is -0.391 e. The van der Waals surface area contributed by atoms with Gasteiger partial charge in [0, 0.05) is 35.5 Å². The number of aliphatic hydroxyl groups excluding tert-OH is 1. The van der Waals surface area contributed by atoms with E-state index in [4.69, 9.17) is 4.74 Å². The van der Waals surface area contributed by atoms with Crippen molar-refractivity contribution in [2.24, 2.45) is 0 Å². The van der Waals surface area contributed by atoms with Crippen LogP contribution in [0.3, 0.4) is 0 Å². The van der Waals surface area contributed by atoms with Crippen LogP contribution in [0.15, 0.2) is 0 Å². The predicted molar refractivity (Wildman–Crippen MR) is 61.4 cm³/mol. The first-order valence-corrected chi connectivity index (χ1v) is 6.96. The van der Waals surface area contributed by atoms with E-state index in [1.807, 2.05) is 0 Å². The minimum atomic E-state index is -0.588. The Morgan fingerprint density at radius 1 is 1.53 bits per heavy atom. The fourth-order valence-corrected chi connectivity index (χ4v) is 3.03. The van der Waals surface area contributed by atoms with E-state index in [1.54, 1.807) is 7.11 Å². The fourth-order valence-electron chi connectivity index (χ4n) is 1.73. The molecule has 90 valence electrons. The molecule has 1 saturated heterocycles. The largest absolute Gasteiger partial charge is 0.391 e. The molecule has 4 nitrogen and oxygen atoms in total. The summed E-state index contributed by atoms with van der Waals surface area (Å²) in [4.78, 5) is 0. The number of aliphatic hydroxyl groups is 1. The zero-order valence-corrected chi connectivity index (χ0v) is 10.1. The van der Waals surface area contributed by atoms with Gasteiger partial charge in [0.05, 0.1) is 12.7 Å². The van der Waals surface area contributed by atoms with Gasteiger partial charge in [0.1, 0.15) is 0 Å². The number of hydrogen-bond acceptors (Lipinski definition) is 4. The van der Waals surface area contributed by atoms with Gasteiger partial charge in [-0.1, -0.05) is 0 Å². The van der Waals surface area contributed by atoms with E-state index in [1.165, 1.54) is 0 Å². The Labute approximate surface area is 93.8 Å². The average Bonchev–Trinajstić information content (AvgIpc) is 2.21. The minimum absolute atomic E-state index is 0.375. The van der Waals surface area contributed by atoms with E-state index < -0.39 is 10.8 Å². The third-order valence-electron chi connectivity index (χ3n) is 2.66. The van der Waals surface area contributed by atoms with Crippen molar-refractivity contribution in [3.8, 4) is 0 Å². The lowest BCUT2D eigenvalue weighted by atomic mass is 10.1. The normalized spacial score (nSPS) is 28.9. The Morgan fingerprint density at radius 3 is 2.80 bits per heavy atom. The number of methoxy groups -OCH3 is 1. The summed E-state index contributed by atoms with van der Waals surface area (Å²) in [5.41, 5.74) is 0. The van der Waals surface area contributed by atoms with E-state index in [9.17, 15) is 9.32 Å². The monoisotopic (exact) mass is 235 g/mol. The first-order valence-electron chi connectivity index (χ1n) is 5.47. The van der Waals surface area contributed by atoms with Crippen LogP contribution >= 0.6 is 0 Å². The van der Waals surface area contributed by atoms with Crippen LogP contribution in [0, 0.1) is 0 Å². The van der Waals surface area contributed by atoms with Crippen LogP contribution in [0.1, 0.15) is 19.3 Å². The van der Waals surface area contributed by atoms with Crippen molar-refractivity contribution < 1.29 is 14.1 Å². The van der Waals surface area contributed by atoms with E-state index in [2.05, 4.69) is 5.32 Å². The molecule has 1 heterocycles. The molecule has 1 aliphatic rings. The lowest BCUT2D eigenvalue weighted by Gasteiger charge is -2.23. The maximum atomic E-state index is 11.1. The highest BCUT2D eigenvalue weighted by Gasteiger charge is 2.17. The molecular formula is C10H21NO3S. The van der Waals surface area contributed by atoms with Gasteiger partial charge >= 0.3 is 0 Å². The first kappa shape index (κ1) is 13.1. The van der Waals surface area contributed by atoms with Gasteiger partial charge in [0.2, 0.25) is 0 Å². The molecule has 0 spiro atoms. The molecule has 1 atom stereocenters. The molecule has 0 saturated carbocycles. The number of hydrogen-bond donors (Lipinski definition) is 2. The summed E-state index contributed by atoms with van der Waals surface area (Å²) in [5, 5.41) is 12.8. The van der Waals surface area contributed by atoms with E-state index in [-0.39, 0.29) is 6.10 Å². The molecule has 2 N–H and O–H groups in total. The summed E-state index contributed by atoms with van der Waals surface area (Å²) in [6.07, 6.45) is 2.33. The second kappa shape index (κ2) is 7.33. The van der Waals surface area contributed by atoms with Crippen LogP contribution < -0.4 is 5.32 Å². The molecule has 0 aliphatic carbocycles. The third-order valence-corrected chi connectivity index (χ3v) is 4.04. The molecule has 0 bridgehead atoms. The van der Waals surface area contributed by atoms with Crippen LogP contribution in [-0.4, -0.2) is 53.2 Å². The Bertz CT molecular complexity index is 191. The molecule has 1 unspecified atom stereocenters. The highest BCUT2D eigenvalue weighted by molar-refractivity contribution is 7.85. The molecule has 1 aliphatic heterocycles. The summed E-state index contributed by atoms with van der Waals surface area (Å²) in [7, 11) is 1.00. The highest BCUT2D eigenvalue weighted by Crippen LogP contribution is 2.08. The summed E-state index contributed by atoms with van der Waals surface area (Å²) in [5.74, 6) is 1.64. The molecule has 0 radical (unpaired) electrons. The SMILES string of the molecule is COCC(O)CCNC1CCS(=O)CC1. The van der Waals surface area contributed by atoms with E-state index in [0.717, 1.165) is 30.9 Å². The molecule has 0 amide bonds. The molecule has 1 fully saturated rings. The number of ether oxygens (including phenoxy) is 1. The second-order valence-corrected chi connectivity index (χ2v) is 5.67. The third kappa shape index (κ3) is 5.61. The van der Waals surface area contributed by atoms with Gasteiger partial charge in [-0.05, 0) is 25.8 Å². The summed E-state index contributed by atoms with van der Waals surface area (Å²) >= 11 is 0. The van der Waals surface area contributed by atoms with Crippen molar-refractivity contribution in [3.05, 3.63) is 0 Å². The second-order valence-electron chi connectivity index (χ2n) is 3.97. The fraction of sp³-hybridized carbons (Fsp3) is 1.00. The Morgan fingerprint density at radius 2 is 2.20 bits per heavy atom. The van der Waals surface area contributed by atoms with Gasteiger partial charge in [-0.3, -0.25) is 4.21 Å². The van der Waals surface area contributed by atoms with Gasteiger partial charge in [-0.15, -0.1) is 0 Å². The molecule has 1 rings (SSSR count). The standard InChI is InChI=1S/C10H21NO3S/c1-14-8-10(12)2-5-11-9-3-6-15(13)7-4-9/h9-12H,2-8H2,1H3. The van der Waals surface area contributed by atoms with Crippen LogP contribution in [0.2, 0.25) is 0 Å². The zero-order chi connectivity index (χ0) is 11.1. The Kier molecular flexibility index (Phi) is 6.40. The van der Waals surface area contributed by atoms with Gasteiger partial charge in [0.25, 0.3) is 0 Å². The molecule has 0 aromatic rings. The zero-order valence-electron chi connectivity index (χ0n) is 9.28. The summed E-state index contributed by atoms with van der Waals surface area (Å²) in [6.45, 7) is 1.21. The Hall–Kier alpha value is 0.0300. The first-order chi connectivity index (χ1) is 7.22. The lowest BCUT2D eigenvalue weighted by molar-refractivity contribution is 0.0589. The molecule has 5 heteroatoms. The van der Waals surface area contributed by atoms with Crippen molar-refractivity contribution in [3.63, 3.8) is 0 Å². The van der Waals surface area contributed by atoms with Crippen LogP contribution in [0.5, 0.6) is 0 Å². The molecule has 0 aromatic carbocycles. The van der Waals surface area contributed by atoms with Gasteiger partial charge in [0.15, 0.2) is 0 Å². The number of nitrogens with one attached hydrogen (secondary N) is 1. The van der Waals surface area contributed by atoms with E-state index in [0.29, 0.717) is 19.1 Å². The average molecular weight is 235 g/mol. The van der Waals surface area contributed by atoms with Gasteiger partial charge < -0.3 is 15.2 Å². The van der Waals surface area contributed by atoms with Crippen LogP contribution in [0.25, 0.3) is 0 Å². The van der Waals surface area contributed by atoms with Crippen molar-refractivity contribution >= 4 is 10.8 Å². The molecular weight excluding hydrogens is 214 g/mol. The summed E-state index contributed by atoms with van der Waals surface area (Å²) in [6, 6.07) is 0.484. The van der Waals surface area contributed by atoms with Crippen LogP contribution in [-0.2, 0) is 15.5 Å². The highest BCUT2D eigenvalue weighted by atomic mass is 32.2. The van der Waals surface area contributed by atoms with E-state index >= 15 is 0 Å². The van der Waals surface area contributed by atoms with Crippen molar-refractivity contribution in [2.45, 2.75) is 31.4 Å². The van der Waals surface area contributed by atoms with Crippen molar-refractivity contribution in [2.75, 3.05) is 31.8 Å². The van der Waals surface area contributed by atoms with Crippen molar-refractivity contribution in [1.82, 2.24) is 5.32 Å².